The average molecular weight is 383 g/mol. The molecule has 0 bridgehead atoms. The van der Waals surface area contributed by atoms with Crippen LogP contribution in [0.2, 0.25) is 0 Å². The Morgan fingerprint density at radius 3 is 2.07 bits per heavy atom. The van der Waals surface area contributed by atoms with Crippen molar-refractivity contribution in [3.8, 4) is 11.5 Å². The summed E-state index contributed by atoms with van der Waals surface area (Å²) in [5.74, 6) is 0.512. The third kappa shape index (κ3) is 3.43. The number of ether oxygens (including phenoxy) is 1. The summed E-state index contributed by atoms with van der Waals surface area (Å²) in [7, 11) is 0. The minimum atomic E-state index is -0.473. The molecular formula is C21H19ClN2O3. The topological polar surface area (TPSA) is 49.9 Å². The van der Waals surface area contributed by atoms with Crippen LogP contribution in [0, 0.1) is 0 Å². The van der Waals surface area contributed by atoms with Gasteiger partial charge in [-0.1, -0.05) is 29.8 Å². The van der Waals surface area contributed by atoms with Gasteiger partial charge in [0, 0.05) is 13.1 Å². The maximum Gasteiger partial charge on any atom is 0.283 e. The highest BCUT2D eigenvalue weighted by Gasteiger charge is 2.41. The summed E-state index contributed by atoms with van der Waals surface area (Å²) in [6, 6.07) is 16.3. The number of carbonyl (C=O) groups excluding carboxylic acids is 2. The molecule has 0 atom stereocenters. The molecule has 2 heterocycles. The van der Waals surface area contributed by atoms with Gasteiger partial charge in [-0.2, -0.15) is 0 Å². The zero-order valence-electron chi connectivity index (χ0n) is 14.7. The summed E-state index contributed by atoms with van der Waals surface area (Å²) in [5, 5.41) is 0.00603. The van der Waals surface area contributed by atoms with Gasteiger partial charge < -0.3 is 9.64 Å². The van der Waals surface area contributed by atoms with Crippen molar-refractivity contribution in [1.29, 1.82) is 0 Å². The van der Waals surface area contributed by atoms with E-state index in [1.165, 1.54) is 0 Å². The highest BCUT2D eigenvalue weighted by Crippen LogP contribution is 2.33. The highest BCUT2D eigenvalue weighted by atomic mass is 35.5. The first kappa shape index (κ1) is 17.6. The van der Waals surface area contributed by atoms with Crippen LogP contribution < -0.4 is 9.64 Å². The molecule has 1 fully saturated rings. The summed E-state index contributed by atoms with van der Waals surface area (Å²) in [4.78, 5) is 28.6. The summed E-state index contributed by atoms with van der Waals surface area (Å²) < 4.78 is 5.75. The Hall–Kier alpha value is -2.79. The first-order valence-electron chi connectivity index (χ1n) is 9.01. The van der Waals surface area contributed by atoms with E-state index in [1.807, 2.05) is 35.2 Å². The number of likely N-dealkylation sites (tertiary alicyclic amines) is 1. The molecule has 4 rings (SSSR count). The number of hydrogen-bond acceptors (Lipinski definition) is 4. The molecule has 5 nitrogen and oxygen atoms in total. The summed E-state index contributed by atoms with van der Waals surface area (Å²) in [5.41, 5.74) is 0.807. The number of amides is 2. The van der Waals surface area contributed by atoms with E-state index in [1.54, 1.807) is 24.3 Å². The number of benzene rings is 2. The Bertz CT molecular complexity index is 887. The minimum Gasteiger partial charge on any atom is -0.457 e. The maximum absolute atomic E-state index is 12.9. The first-order chi connectivity index (χ1) is 13.1. The van der Waals surface area contributed by atoms with Crippen LogP contribution in [-0.2, 0) is 9.59 Å². The molecule has 2 aliphatic heterocycles. The third-order valence-corrected chi connectivity index (χ3v) is 5.09. The number of carbonyl (C=O) groups is 2. The Morgan fingerprint density at radius 2 is 1.41 bits per heavy atom. The largest absolute Gasteiger partial charge is 0.457 e. The van der Waals surface area contributed by atoms with Crippen molar-refractivity contribution in [2.24, 2.45) is 0 Å². The van der Waals surface area contributed by atoms with Crippen molar-refractivity contribution in [1.82, 2.24) is 4.90 Å². The molecule has 0 saturated carbocycles. The lowest BCUT2D eigenvalue weighted by atomic mass is 10.1. The Morgan fingerprint density at radius 1 is 0.778 bits per heavy atom. The van der Waals surface area contributed by atoms with E-state index >= 15 is 0 Å². The number of rotatable bonds is 4. The Balaban J connectivity index is 1.53. The molecule has 0 spiro atoms. The number of halogens is 1. The monoisotopic (exact) mass is 382 g/mol. The molecular weight excluding hydrogens is 364 g/mol. The van der Waals surface area contributed by atoms with E-state index in [0.29, 0.717) is 17.1 Å². The Kier molecular flexibility index (Phi) is 4.86. The lowest BCUT2D eigenvalue weighted by molar-refractivity contribution is -0.121. The zero-order valence-corrected chi connectivity index (χ0v) is 15.5. The SMILES string of the molecule is O=C1C(Cl)=C(N2CCCCC2)C(=O)N1c1ccc(Oc2ccccc2)cc1. The van der Waals surface area contributed by atoms with Gasteiger partial charge in [0.1, 0.15) is 22.2 Å². The van der Waals surface area contributed by atoms with Gasteiger partial charge in [-0.05, 0) is 55.7 Å². The Labute approximate surface area is 162 Å². The molecule has 2 aromatic carbocycles. The van der Waals surface area contributed by atoms with E-state index in [-0.39, 0.29) is 10.9 Å². The molecule has 0 aliphatic carbocycles. The summed E-state index contributed by atoms with van der Waals surface area (Å²) in [6.45, 7) is 1.50. The van der Waals surface area contributed by atoms with Crippen molar-refractivity contribution < 1.29 is 14.3 Å². The number of imide groups is 1. The maximum atomic E-state index is 12.9. The second-order valence-electron chi connectivity index (χ2n) is 6.57. The summed E-state index contributed by atoms with van der Waals surface area (Å²) >= 11 is 6.24. The van der Waals surface area contributed by atoms with Crippen LogP contribution in [0.15, 0.2) is 65.3 Å². The number of nitrogens with zero attached hydrogens (tertiary/aromatic N) is 2. The third-order valence-electron chi connectivity index (χ3n) is 4.75. The van der Waals surface area contributed by atoms with E-state index in [0.717, 1.165) is 43.0 Å². The van der Waals surface area contributed by atoms with Gasteiger partial charge >= 0.3 is 0 Å². The molecule has 138 valence electrons. The highest BCUT2D eigenvalue weighted by molar-refractivity contribution is 6.52. The van der Waals surface area contributed by atoms with Crippen LogP contribution in [0.25, 0.3) is 0 Å². The van der Waals surface area contributed by atoms with Crippen molar-refractivity contribution in [2.45, 2.75) is 19.3 Å². The second-order valence-corrected chi connectivity index (χ2v) is 6.94. The van der Waals surface area contributed by atoms with Gasteiger partial charge in [-0.3, -0.25) is 9.59 Å². The van der Waals surface area contributed by atoms with Crippen molar-refractivity contribution in [3.05, 3.63) is 65.3 Å². The zero-order chi connectivity index (χ0) is 18.8. The van der Waals surface area contributed by atoms with Gasteiger partial charge in [0.15, 0.2) is 0 Å². The lowest BCUT2D eigenvalue weighted by Crippen LogP contribution is -2.37. The predicted molar refractivity (Wildman–Crippen MR) is 104 cm³/mol. The minimum absolute atomic E-state index is 0.00603. The second kappa shape index (κ2) is 7.45. The molecule has 0 unspecified atom stereocenters. The van der Waals surface area contributed by atoms with E-state index < -0.39 is 5.91 Å². The molecule has 27 heavy (non-hydrogen) atoms. The average Bonchev–Trinajstić information content (AvgIpc) is 2.93. The fourth-order valence-corrected chi connectivity index (χ4v) is 3.69. The van der Waals surface area contributed by atoms with Gasteiger partial charge in [0.05, 0.1) is 5.69 Å². The van der Waals surface area contributed by atoms with Crippen LogP contribution in [0.4, 0.5) is 5.69 Å². The molecule has 2 amide bonds. The number of para-hydroxylation sites is 1. The van der Waals surface area contributed by atoms with Gasteiger partial charge in [-0.15, -0.1) is 0 Å². The van der Waals surface area contributed by atoms with Crippen LogP contribution >= 0.6 is 11.6 Å². The first-order valence-corrected chi connectivity index (χ1v) is 9.39. The number of hydrogen-bond donors (Lipinski definition) is 0. The molecule has 0 N–H and O–H groups in total. The molecule has 6 heteroatoms. The fraction of sp³-hybridized carbons (Fsp3) is 0.238. The van der Waals surface area contributed by atoms with Crippen LogP contribution in [0.1, 0.15) is 19.3 Å². The van der Waals surface area contributed by atoms with Crippen molar-refractivity contribution in [3.63, 3.8) is 0 Å². The number of anilines is 1. The van der Waals surface area contributed by atoms with Crippen LogP contribution in [-0.4, -0.2) is 29.8 Å². The molecule has 2 aliphatic rings. The van der Waals surface area contributed by atoms with E-state index in [4.69, 9.17) is 16.3 Å². The van der Waals surface area contributed by atoms with Crippen molar-refractivity contribution >= 4 is 29.1 Å². The smallest absolute Gasteiger partial charge is 0.283 e. The molecule has 0 radical (unpaired) electrons. The fourth-order valence-electron chi connectivity index (χ4n) is 3.41. The predicted octanol–water partition coefficient (Wildman–Crippen LogP) is 4.29. The molecule has 0 aromatic heterocycles. The van der Waals surface area contributed by atoms with Gasteiger partial charge in [0.25, 0.3) is 11.8 Å². The number of piperidine rings is 1. The summed E-state index contributed by atoms with van der Waals surface area (Å²) in [6.07, 6.45) is 3.14. The van der Waals surface area contributed by atoms with Crippen LogP contribution in [0.3, 0.4) is 0 Å². The standard InChI is InChI=1S/C21H19ClN2O3/c22-18-19(23-13-5-2-6-14-23)21(26)24(20(18)25)15-9-11-17(12-10-15)27-16-7-3-1-4-8-16/h1,3-4,7-12H,2,5-6,13-14H2. The molecule has 1 saturated heterocycles. The van der Waals surface area contributed by atoms with Gasteiger partial charge in [-0.25, -0.2) is 4.90 Å². The quantitative estimate of drug-likeness (QED) is 0.740. The lowest BCUT2D eigenvalue weighted by Gasteiger charge is -2.29. The van der Waals surface area contributed by atoms with Gasteiger partial charge in [0.2, 0.25) is 0 Å². The van der Waals surface area contributed by atoms with Crippen LogP contribution in [0.5, 0.6) is 11.5 Å². The van der Waals surface area contributed by atoms with Crippen molar-refractivity contribution in [2.75, 3.05) is 18.0 Å². The van der Waals surface area contributed by atoms with E-state index in [2.05, 4.69) is 0 Å². The molecule has 2 aromatic rings. The normalized spacial score (nSPS) is 17.7. The van der Waals surface area contributed by atoms with E-state index in [9.17, 15) is 9.59 Å².